The van der Waals surface area contributed by atoms with Crippen molar-refractivity contribution in [2.75, 3.05) is 19.7 Å². The lowest BCUT2D eigenvalue weighted by atomic mass is 10.1. The van der Waals surface area contributed by atoms with Crippen molar-refractivity contribution in [3.8, 4) is 11.8 Å². The smallest absolute Gasteiger partial charge is 0.255 e. The van der Waals surface area contributed by atoms with Gasteiger partial charge in [-0.15, -0.1) is 0 Å². The van der Waals surface area contributed by atoms with E-state index in [9.17, 15) is 9.18 Å². The normalized spacial score (nSPS) is 17.8. The Morgan fingerprint density at radius 2 is 2.35 bits per heavy atom. The maximum Gasteiger partial charge on any atom is 0.255 e. The number of rotatable bonds is 2. The van der Waals surface area contributed by atoms with Crippen LogP contribution in [0.2, 0.25) is 0 Å². The van der Waals surface area contributed by atoms with E-state index < -0.39 is 5.82 Å². The number of nitrogens with zero attached hydrogens (tertiary/aromatic N) is 1. The molecule has 1 amide bonds. The maximum atomic E-state index is 13.3. The van der Waals surface area contributed by atoms with E-state index >= 15 is 0 Å². The number of hydrogen-bond donors (Lipinski definition) is 1. The minimum Gasteiger partial charge on any atom is -0.395 e. The Kier molecular flexibility index (Phi) is 4.75. The zero-order valence-corrected chi connectivity index (χ0v) is 11.5. The lowest BCUT2D eigenvalue weighted by Crippen LogP contribution is -2.29. The van der Waals surface area contributed by atoms with Gasteiger partial charge in [0, 0.05) is 25.1 Å². The molecule has 0 aliphatic carbocycles. The van der Waals surface area contributed by atoms with Crippen molar-refractivity contribution in [3.05, 3.63) is 35.1 Å². The third kappa shape index (κ3) is 3.37. The van der Waals surface area contributed by atoms with E-state index in [1.54, 1.807) is 4.90 Å². The summed E-state index contributed by atoms with van der Waals surface area (Å²) < 4.78 is 13.3. The molecule has 1 fully saturated rings. The molecule has 1 aromatic rings. The first-order valence-electron chi connectivity index (χ1n) is 6.80. The molecule has 1 aliphatic rings. The van der Waals surface area contributed by atoms with Crippen molar-refractivity contribution in [1.82, 2.24) is 4.90 Å². The molecule has 1 aromatic carbocycles. The van der Waals surface area contributed by atoms with Gasteiger partial charge in [-0.25, -0.2) is 4.39 Å². The van der Waals surface area contributed by atoms with Crippen molar-refractivity contribution < 1.29 is 14.3 Å². The van der Waals surface area contributed by atoms with Crippen LogP contribution in [0.25, 0.3) is 0 Å². The topological polar surface area (TPSA) is 40.5 Å². The monoisotopic (exact) mass is 275 g/mol. The number of benzene rings is 1. The van der Waals surface area contributed by atoms with Crippen molar-refractivity contribution in [1.29, 1.82) is 0 Å². The van der Waals surface area contributed by atoms with Crippen LogP contribution in [0.4, 0.5) is 4.39 Å². The van der Waals surface area contributed by atoms with Gasteiger partial charge in [0.1, 0.15) is 5.82 Å². The van der Waals surface area contributed by atoms with Crippen LogP contribution in [0, 0.1) is 23.6 Å². The first-order valence-corrected chi connectivity index (χ1v) is 6.80. The molecule has 1 heterocycles. The molecule has 2 rings (SSSR count). The summed E-state index contributed by atoms with van der Waals surface area (Å²) in [4.78, 5) is 14.2. The van der Waals surface area contributed by atoms with Crippen molar-refractivity contribution in [2.24, 2.45) is 5.92 Å². The van der Waals surface area contributed by atoms with Crippen LogP contribution in [-0.4, -0.2) is 35.6 Å². The first-order chi connectivity index (χ1) is 9.61. The minimum atomic E-state index is -0.412. The Balaban J connectivity index is 2.26. The molecule has 4 heteroatoms. The molecule has 0 bridgehead atoms. The Morgan fingerprint density at radius 3 is 3.00 bits per heavy atom. The second kappa shape index (κ2) is 6.53. The Morgan fingerprint density at radius 1 is 1.55 bits per heavy atom. The average Bonchev–Trinajstić information content (AvgIpc) is 2.85. The molecular formula is C16H18FNO2. The second-order valence-corrected chi connectivity index (χ2v) is 5.11. The number of hydrogen-bond acceptors (Lipinski definition) is 2. The van der Waals surface area contributed by atoms with E-state index in [0.717, 1.165) is 19.5 Å². The van der Waals surface area contributed by atoms with Crippen molar-refractivity contribution in [2.45, 2.75) is 19.8 Å². The fraction of sp³-hybridized carbons (Fsp3) is 0.438. The van der Waals surface area contributed by atoms with E-state index in [1.165, 1.54) is 18.2 Å². The number of halogens is 1. The number of aliphatic hydroxyl groups excluding tert-OH is 1. The van der Waals surface area contributed by atoms with Gasteiger partial charge < -0.3 is 10.0 Å². The van der Waals surface area contributed by atoms with E-state index in [1.807, 2.05) is 0 Å². The van der Waals surface area contributed by atoms with Gasteiger partial charge >= 0.3 is 0 Å². The Labute approximate surface area is 118 Å². The standard InChI is InChI=1S/C16H18FNO2/c1-12-7-8-18(11-12)16(20)15-6-5-14(17)10-13(15)4-2-3-9-19/h5-6,10,12,19H,3,7-9,11H2,1H3. The molecular weight excluding hydrogens is 257 g/mol. The summed E-state index contributed by atoms with van der Waals surface area (Å²) in [6.07, 6.45) is 1.31. The van der Waals surface area contributed by atoms with Gasteiger partial charge in [-0.3, -0.25) is 4.79 Å². The van der Waals surface area contributed by atoms with E-state index in [0.29, 0.717) is 23.5 Å². The number of aliphatic hydroxyl groups is 1. The third-order valence-corrected chi connectivity index (χ3v) is 3.38. The highest BCUT2D eigenvalue weighted by atomic mass is 19.1. The minimum absolute atomic E-state index is 0.0464. The number of likely N-dealkylation sites (tertiary alicyclic amines) is 1. The summed E-state index contributed by atoms with van der Waals surface area (Å²) in [7, 11) is 0. The van der Waals surface area contributed by atoms with Crippen molar-refractivity contribution in [3.63, 3.8) is 0 Å². The van der Waals surface area contributed by atoms with Gasteiger partial charge in [0.05, 0.1) is 12.2 Å². The van der Waals surface area contributed by atoms with Crippen LogP contribution in [-0.2, 0) is 0 Å². The SMILES string of the molecule is CC1CCN(C(=O)c2ccc(F)cc2C#CCCO)C1. The maximum absolute atomic E-state index is 13.3. The number of carbonyl (C=O) groups excluding carboxylic acids is 1. The predicted octanol–water partition coefficient (Wildman–Crippen LogP) is 2.04. The Bertz CT molecular complexity index is 559. The molecule has 106 valence electrons. The summed E-state index contributed by atoms with van der Waals surface area (Å²) in [5.41, 5.74) is 0.828. The molecule has 3 nitrogen and oxygen atoms in total. The molecule has 1 atom stereocenters. The van der Waals surface area contributed by atoms with Gasteiger partial charge in [-0.2, -0.15) is 0 Å². The quantitative estimate of drug-likeness (QED) is 0.839. The van der Waals surface area contributed by atoms with Crippen molar-refractivity contribution >= 4 is 5.91 Å². The van der Waals surface area contributed by atoms with Crippen LogP contribution in [0.3, 0.4) is 0 Å². The lowest BCUT2D eigenvalue weighted by Gasteiger charge is -2.16. The largest absolute Gasteiger partial charge is 0.395 e. The van der Waals surface area contributed by atoms with Crippen LogP contribution in [0.5, 0.6) is 0 Å². The van der Waals surface area contributed by atoms with Gasteiger partial charge in [0.15, 0.2) is 0 Å². The van der Waals surface area contributed by atoms with E-state index in [2.05, 4.69) is 18.8 Å². The second-order valence-electron chi connectivity index (χ2n) is 5.11. The van der Waals surface area contributed by atoms with E-state index in [4.69, 9.17) is 5.11 Å². The molecule has 0 radical (unpaired) electrons. The summed E-state index contributed by atoms with van der Waals surface area (Å²) in [6.45, 7) is 3.54. The first kappa shape index (κ1) is 14.5. The molecule has 1 aliphatic heterocycles. The molecule has 0 spiro atoms. The third-order valence-electron chi connectivity index (χ3n) is 3.38. The average molecular weight is 275 g/mol. The summed E-state index contributed by atoms with van der Waals surface area (Å²) in [5.74, 6) is 5.50. The zero-order chi connectivity index (χ0) is 14.5. The molecule has 20 heavy (non-hydrogen) atoms. The Hall–Kier alpha value is -1.86. The zero-order valence-electron chi connectivity index (χ0n) is 11.5. The van der Waals surface area contributed by atoms with E-state index in [-0.39, 0.29) is 12.5 Å². The molecule has 0 saturated carbocycles. The van der Waals surface area contributed by atoms with Gasteiger partial charge in [-0.1, -0.05) is 18.8 Å². The molecule has 0 aromatic heterocycles. The van der Waals surface area contributed by atoms with Gasteiger partial charge in [0.25, 0.3) is 5.91 Å². The van der Waals surface area contributed by atoms with Crippen LogP contribution in [0.15, 0.2) is 18.2 Å². The highest BCUT2D eigenvalue weighted by Crippen LogP contribution is 2.20. The highest BCUT2D eigenvalue weighted by Gasteiger charge is 2.25. The number of carbonyl (C=O) groups is 1. The summed E-state index contributed by atoms with van der Waals surface area (Å²) >= 11 is 0. The fourth-order valence-corrected chi connectivity index (χ4v) is 2.31. The highest BCUT2D eigenvalue weighted by molar-refractivity contribution is 5.96. The number of amides is 1. The van der Waals surface area contributed by atoms with Crippen LogP contribution < -0.4 is 0 Å². The van der Waals surface area contributed by atoms with Crippen LogP contribution >= 0.6 is 0 Å². The van der Waals surface area contributed by atoms with Gasteiger partial charge in [-0.05, 0) is 30.5 Å². The summed E-state index contributed by atoms with van der Waals surface area (Å²) in [5, 5.41) is 8.73. The van der Waals surface area contributed by atoms with Crippen LogP contribution in [0.1, 0.15) is 35.7 Å². The lowest BCUT2D eigenvalue weighted by molar-refractivity contribution is 0.0788. The molecule has 1 N–H and O–H groups in total. The fourth-order valence-electron chi connectivity index (χ4n) is 2.31. The molecule has 1 saturated heterocycles. The predicted molar refractivity (Wildman–Crippen MR) is 74.7 cm³/mol. The van der Waals surface area contributed by atoms with Gasteiger partial charge in [0.2, 0.25) is 0 Å². The molecule has 1 unspecified atom stereocenters. The summed E-state index contributed by atoms with van der Waals surface area (Å²) in [6, 6.07) is 4.05.